The number of amidine groups is 1. The highest BCUT2D eigenvalue weighted by Gasteiger charge is 2.49. The molecule has 2 aromatic rings. The Kier molecular flexibility index (Phi) is 9.66. The molecule has 10 nitrogen and oxygen atoms in total. The summed E-state index contributed by atoms with van der Waals surface area (Å²) in [5, 5.41) is 3.63. The van der Waals surface area contributed by atoms with Crippen LogP contribution in [0, 0.1) is 6.92 Å². The number of carbonyl (C=O) groups is 1. The molecule has 2 amide bonds. The number of benzene rings is 2. The van der Waals surface area contributed by atoms with E-state index in [0.717, 1.165) is 16.2 Å². The maximum absolute atomic E-state index is 13.2. The number of amides is 2. The average molecular weight is 552 g/mol. The first-order valence-electron chi connectivity index (χ1n) is 12.1. The number of urea groups is 1. The lowest BCUT2D eigenvalue weighted by molar-refractivity contribution is -0.0545. The van der Waals surface area contributed by atoms with E-state index in [0.29, 0.717) is 6.42 Å². The number of hydrogen-bond donors (Lipinski definition) is 1. The first-order valence-corrected chi connectivity index (χ1v) is 15.3. The van der Waals surface area contributed by atoms with E-state index >= 15 is 0 Å². The molecule has 3 rings (SSSR count). The Balaban J connectivity index is 1.93. The highest BCUT2D eigenvalue weighted by molar-refractivity contribution is 7.90. The normalized spacial score (nSPS) is 19.4. The molecule has 1 aliphatic rings. The number of rotatable bonds is 13. The Morgan fingerprint density at radius 1 is 1.03 bits per heavy atom. The smallest absolute Gasteiger partial charge is 0.323 e. The lowest BCUT2D eigenvalue weighted by atomic mass is 9.99. The number of hydroxylamine groups is 2. The monoisotopic (exact) mass is 551 g/mol. The molecule has 0 aromatic heterocycles. The third-order valence-electron chi connectivity index (χ3n) is 5.77. The highest BCUT2D eigenvalue weighted by atomic mass is 32.2. The zero-order chi connectivity index (χ0) is 27.1. The van der Waals surface area contributed by atoms with Gasteiger partial charge in [-0.2, -0.15) is 13.5 Å². The van der Waals surface area contributed by atoms with Gasteiger partial charge in [0.25, 0.3) is 10.0 Å². The van der Waals surface area contributed by atoms with Crippen LogP contribution in [0.5, 0.6) is 0 Å². The van der Waals surface area contributed by atoms with Crippen molar-refractivity contribution in [1.82, 2.24) is 10.4 Å². The van der Waals surface area contributed by atoms with Crippen molar-refractivity contribution >= 4 is 29.5 Å². The molecule has 0 saturated carbocycles. The molecule has 12 heteroatoms. The number of carbonyl (C=O) groups excluding carboxylic acids is 1. The highest BCUT2D eigenvalue weighted by Crippen LogP contribution is 2.49. The molecular weight excluding hydrogens is 517 g/mol. The molecule has 2 aromatic carbocycles. The Morgan fingerprint density at radius 2 is 1.65 bits per heavy atom. The van der Waals surface area contributed by atoms with Gasteiger partial charge in [-0.1, -0.05) is 48.0 Å². The van der Waals surface area contributed by atoms with Gasteiger partial charge < -0.3 is 14.4 Å². The summed E-state index contributed by atoms with van der Waals surface area (Å²) in [5.41, 5.74) is 0.568. The summed E-state index contributed by atoms with van der Waals surface area (Å²) < 4.78 is 54.3. The van der Waals surface area contributed by atoms with E-state index in [1.807, 2.05) is 37.3 Å². The summed E-state index contributed by atoms with van der Waals surface area (Å²) in [6, 6.07) is 15.1. The summed E-state index contributed by atoms with van der Waals surface area (Å²) in [6.45, 7) is 7.32. The van der Waals surface area contributed by atoms with E-state index in [2.05, 4.69) is 9.71 Å². The summed E-state index contributed by atoms with van der Waals surface area (Å²) in [5.74, 6) is -0.148. The minimum atomic E-state index is -4.20. The summed E-state index contributed by atoms with van der Waals surface area (Å²) >= 11 is 0. The van der Waals surface area contributed by atoms with Crippen LogP contribution >= 0.6 is 7.60 Å². The third kappa shape index (κ3) is 7.49. The fourth-order valence-electron chi connectivity index (χ4n) is 3.79. The fourth-order valence-corrected chi connectivity index (χ4v) is 6.72. The zero-order valence-corrected chi connectivity index (χ0v) is 23.3. The molecule has 1 heterocycles. The van der Waals surface area contributed by atoms with Crippen LogP contribution in [0.15, 0.2) is 63.9 Å². The Hall–Kier alpha value is -2.56. The van der Waals surface area contributed by atoms with Gasteiger partial charge in [0.15, 0.2) is 5.84 Å². The van der Waals surface area contributed by atoms with Crippen LogP contribution < -0.4 is 5.32 Å². The van der Waals surface area contributed by atoms with Crippen LogP contribution in [0.1, 0.15) is 38.3 Å². The molecule has 0 radical (unpaired) electrons. The molecule has 1 atom stereocenters. The molecule has 1 fully saturated rings. The van der Waals surface area contributed by atoms with Gasteiger partial charge in [0.2, 0.25) is 0 Å². The molecule has 202 valence electrons. The van der Waals surface area contributed by atoms with E-state index in [1.54, 1.807) is 32.9 Å². The molecule has 0 aliphatic carbocycles. The Bertz CT molecular complexity index is 1240. The quantitative estimate of drug-likeness (QED) is 0.358. The lowest BCUT2D eigenvalue weighted by Gasteiger charge is -2.27. The van der Waals surface area contributed by atoms with Crippen molar-refractivity contribution in [2.45, 2.75) is 51.0 Å². The van der Waals surface area contributed by atoms with Crippen LogP contribution in [0.2, 0.25) is 0 Å². The van der Waals surface area contributed by atoms with Crippen LogP contribution in [-0.4, -0.2) is 56.9 Å². The van der Waals surface area contributed by atoms with Crippen molar-refractivity contribution in [2.24, 2.45) is 4.40 Å². The number of nitrogens with zero attached hydrogens (tertiary/aromatic N) is 2. The minimum absolute atomic E-state index is 0.0224. The van der Waals surface area contributed by atoms with E-state index in [-0.39, 0.29) is 43.1 Å². The topological polar surface area (TPSA) is 124 Å². The van der Waals surface area contributed by atoms with Crippen molar-refractivity contribution in [3.8, 4) is 0 Å². The van der Waals surface area contributed by atoms with Crippen molar-refractivity contribution < 1.29 is 31.7 Å². The van der Waals surface area contributed by atoms with Crippen LogP contribution in [0.4, 0.5) is 4.79 Å². The van der Waals surface area contributed by atoms with Gasteiger partial charge in [-0.25, -0.2) is 4.79 Å². The molecule has 1 N–H and O–H groups in total. The number of hydrogen-bond acceptors (Lipinski definition) is 7. The second kappa shape index (κ2) is 12.3. The van der Waals surface area contributed by atoms with Gasteiger partial charge in [-0.3, -0.25) is 9.40 Å². The summed E-state index contributed by atoms with van der Waals surface area (Å²) in [6.07, 6.45) is 0.465. The maximum atomic E-state index is 13.2. The minimum Gasteiger partial charge on any atom is -0.323 e. The molecule has 1 saturated heterocycles. The molecule has 0 spiro atoms. The summed E-state index contributed by atoms with van der Waals surface area (Å²) in [7, 11) is -7.67. The van der Waals surface area contributed by atoms with Gasteiger partial charge in [-0.15, -0.1) is 4.40 Å². The SMILES string of the molecule is CCOP(=O)(CCC1(C)NC(=O)N(OCCc2ccccc2)/C1=N/S(=O)(=O)c1ccc(C)cc1)OCC. The van der Waals surface area contributed by atoms with Gasteiger partial charge >= 0.3 is 13.6 Å². The van der Waals surface area contributed by atoms with Gasteiger partial charge in [0.05, 0.1) is 30.9 Å². The van der Waals surface area contributed by atoms with E-state index in [4.69, 9.17) is 13.9 Å². The van der Waals surface area contributed by atoms with Crippen molar-refractivity contribution in [3.05, 3.63) is 65.7 Å². The molecular formula is C25H34N3O7PS. The molecule has 0 bridgehead atoms. The number of aryl methyl sites for hydroxylation is 1. The molecule has 1 unspecified atom stereocenters. The van der Waals surface area contributed by atoms with Crippen molar-refractivity contribution in [2.75, 3.05) is 26.0 Å². The van der Waals surface area contributed by atoms with E-state index in [1.165, 1.54) is 12.1 Å². The van der Waals surface area contributed by atoms with Crippen LogP contribution in [0.3, 0.4) is 0 Å². The standard InChI is InChI=1S/C25H34N3O7PS/c1-5-34-36(30,35-6-2)19-17-25(4)23(27-37(31,32)22-14-12-20(3)13-15-22)28(24(29)26-25)33-18-16-21-10-8-7-9-11-21/h7-15H,5-6,16-19H2,1-4H3,(H,26,29)/b27-23+. The van der Waals surface area contributed by atoms with Gasteiger partial charge in [0, 0.05) is 0 Å². The predicted molar refractivity (Wildman–Crippen MR) is 141 cm³/mol. The maximum Gasteiger partial charge on any atom is 0.348 e. The van der Waals surface area contributed by atoms with Crippen molar-refractivity contribution in [1.29, 1.82) is 0 Å². The van der Waals surface area contributed by atoms with Crippen LogP contribution in [0.25, 0.3) is 0 Å². The first kappa shape index (κ1) is 29.0. The Morgan fingerprint density at radius 3 is 2.24 bits per heavy atom. The lowest BCUT2D eigenvalue weighted by Crippen LogP contribution is -2.45. The molecule has 1 aliphatic heterocycles. The third-order valence-corrected chi connectivity index (χ3v) is 9.13. The van der Waals surface area contributed by atoms with E-state index in [9.17, 15) is 17.8 Å². The molecule has 37 heavy (non-hydrogen) atoms. The van der Waals surface area contributed by atoms with Gasteiger partial charge in [-0.05, 0) is 58.2 Å². The predicted octanol–water partition coefficient (Wildman–Crippen LogP) is 4.70. The average Bonchev–Trinajstić information content (AvgIpc) is 3.08. The second-order valence-electron chi connectivity index (χ2n) is 8.75. The van der Waals surface area contributed by atoms with Crippen LogP contribution in [-0.2, 0) is 34.9 Å². The largest absolute Gasteiger partial charge is 0.348 e. The number of sulfonamides is 1. The second-order valence-corrected chi connectivity index (χ2v) is 12.5. The summed E-state index contributed by atoms with van der Waals surface area (Å²) in [4.78, 5) is 18.7. The fraction of sp³-hybridized carbons (Fsp3) is 0.440. The Labute approximate surface area is 218 Å². The van der Waals surface area contributed by atoms with E-state index < -0.39 is 29.2 Å². The number of nitrogens with one attached hydrogen (secondary N) is 1. The van der Waals surface area contributed by atoms with Crippen molar-refractivity contribution in [3.63, 3.8) is 0 Å². The van der Waals surface area contributed by atoms with Gasteiger partial charge in [0.1, 0.15) is 5.54 Å². The first-order chi connectivity index (χ1) is 17.5. The zero-order valence-electron chi connectivity index (χ0n) is 21.5.